The zero-order chi connectivity index (χ0) is 39.1. The lowest BCUT2D eigenvalue weighted by molar-refractivity contribution is -0.0399. The Bertz CT molecular complexity index is 3370. The first-order valence-electron chi connectivity index (χ1n) is 22.2. The van der Waals surface area contributed by atoms with Gasteiger partial charge < -0.3 is 9.13 Å². The smallest absolute Gasteiger partial charge is 0.0547 e. The first-order valence-corrected chi connectivity index (χ1v) is 22.2. The third-order valence-corrected chi connectivity index (χ3v) is 15.7. The van der Waals surface area contributed by atoms with Crippen molar-refractivity contribution in [3.05, 3.63) is 193 Å². The van der Waals surface area contributed by atoms with Gasteiger partial charge >= 0.3 is 0 Å². The topological polar surface area (TPSA) is 9.86 Å². The second-order valence-electron chi connectivity index (χ2n) is 18.5. The van der Waals surface area contributed by atoms with E-state index in [-0.39, 0.29) is 5.41 Å². The molecule has 5 aliphatic carbocycles. The molecule has 0 unspecified atom stereocenters. The number of aromatic nitrogens is 2. The lowest BCUT2D eigenvalue weighted by Crippen LogP contribution is -2.55. The zero-order valence-electron chi connectivity index (χ0n) is 33.6. The van der Waals surface area contributed by atoms with Crippen molar-refractivity contribution in [2.24, 2.45) is 23.7 Å². The largest absolute Gasteiger partial charge is 0.309 e. The van der Waals surface area contributed by atoms with Crippen molar-refractivity contribution < 1.29 is 0 Å². The lowest BCUT2D eigenvalue weighted by atomic mass is 9.43. The summed E-state index contributed by atoms with van der Waals surface area (Å²) in [5.74, 6) is 3.33. The summed E-state index contributed by atoms with van der Waals surface area (Å²) in [7, 11) is 0. The van der Waals surface area contributed by atoms with E-state index in [1.54, 1.807) is 11.1 Å². The highest BCUT2D eigenvalue weighted by molar-refractivity contribution is 6.17. The summed E-state index contributed by atoms with van der Waals surface area (Å²) < 4.78 is 5.01. The number of fused-ring (bicyclic) bond motifs is 9. The van der Waals surface area contributed by atoms with Crippen LogP contribution in [0.5, 0.6) is 0 Å². The minimum Gasteiger partial charge on any atom is -0.309 e. The molecule has 286 valence electrons. The Morgan fingerprint density at radius 2 is 0.950 bits per heavy atom. The Morgan fingerprint density at radius 3 is 1.78 bits per heavy atom. The van der Waals surface area contributed by atoms with Crippen molar-refractivity contribution in [2.45, 2.75) is 37.5 Å². The van der Waals surface area contributed by atoms with E-state index in [9.17, 15) is 0 Å². The molecule has 60 heavy (non-hydrogen) atoms. The number of rotatable bonds is 4. The van der Waals surface area contributed by atoms with Crippen LogP contribution in [0, 0.1) is 23.7 Å². The maximum atomic E-state index is 2.64. The summed E-state index contributed by atoms with van der Waals surface area (Å²) in [4.78, 5) is 0. The molecular formula is C58H44N2. The summed E-state index contributed by atoms with van der Waals surface area (Å²) in [5.41, 5.74) is 18.7. The van der Waals surface area contributed by atoms with Crippen molar-refractivity contribution in [3.8, 4) is 44.8 Å². The molecule has 0 atom stereocenters. The van der Waals surface area contributed by atoms with Gasteiger partial charge in [-0.05, 0) is 155 Å². The lowest BCUT2D eigenvalue weighted by Gasteiger charge is -2.61. The molecule has 15 rings (SSSR count). The van der Waals surface area contributed by atoms with Gasteiger partial charge in [-0.1, -0.05) is 127 Å². The maximum Gasteiger partial charge on any atom is 0.0547 e. The van der Waals surface area contributed by atoms with Crippen LogP contribution in [-0.2, 0) is 5.41 Å². The first-order chi connectivity index (χ1) is 29.7. The number of hydrogen-bond acceptors (Lipinski definition) is 0. The van der Waals surface area contributed by atoms with E-state index in [4.69, 9.17) is 0 Å². The van der Waals surface area contributed by atoms with Crippen LogP contribution in [0.4, 0.5) is 0 Å². The zero-order valence-corrected chi connectivity index (χ0v) is 33.6. The van der Waals surface area contributed by atoms with Gasteiger partial charge in [0.05, 0.1) is 22.1 Å². The highest BCUT2D eigenvalue weighted by Gasteiger charge is 2.61. The molecule has 4 fully saturated rings. The van der Waals surface area contributed by atoms with Crippen LogP contribution >= 0.6 is 0 Å². The number of benzene rings is 8. The van der Waals surface area contributed by atoms with Crippen molar-refractivity contribution in [1.29, 1.82) is 0 Å². The Labute approximate surface area is 350 Å². The molecule has 0 amide bonds. The van der Waals surface area contributed by atoms with E-state index in [0.29, 0.717) is 0 Å². The van der Waals surface area contributed by atoms with Gasteiger partial charge in [-0.25, -0.2) is 0 Å². The predicted octanol–water partition coefficient (Wildman–Crippen LogP) is 14.9. The average Bonchev–Trinajstić information content (AvgIpc) is 3.92. The van der Waals surface area contributed by atoms with Crippen LogP contribution in [0.2, 0.25) is 0 Å². The molecule has 10 aromatic rings. The molecule has 4 saturated carbocycles. The van der Waals surface area contributed by atoms with Gasteiger partial charge in [0.25, 0.3) is 0 Å². The first kappa shape index (κ1) is 33.2. The molecule has 2 heteroatoms. The van der Waals surface area contributed by atoms with E-state index in [1.165, 1.54) is 120 Å². The van der Waals surface area contributed by atoms with Crippen LogP contribution in [0.15, 0.2) is 182 Å². The van der Waals surface area contributed by atoms with Crippen molar-refractivity contribution in [2.75, 3.05) is 0 Å². The minimum atomic E-state index is 0.136. The number of para-hydroxylation sites is 2. The van der Waals surface area contributed by atoms with Crippen LogP contribution in [-0.4, -0.2) is 9.13 Å². The number of hydrogen-bond donors (Lipinski definition) is 0. The molecule has 0 aliphatic heterocycles. The molecule has 0 saturated heterocycles. The summed E-state index contributed by atoms with van der Waals surface area (Å²) in [6, 6.07) is 68.8. The van der Waals surface area contributed by atoms with Crippen LogP contribution < -0.4 is 0 Å². The van der Waals surface area contributed by atoms with Gasteiger partial charge in [-0.3, -0.25) is 0 Å². The molecule has 2 aromatic heterocycles. The highest BCUT2D eigenvalue weighted by atomic mass is 15.0. The Morgan fingerprint density at radius 1 is 0.350 bits per heavy atom. The second-order valence-corrected chi connectivity index (χ2v) is 18.5. The predicted molar refractivity (Wildman–Crippen MR) is 249 cm³/mol. The van der Waals surface area contributed by atoms with Crippen molar-refractivity contribution in [3.63, 3.8) is 0 Å². The third-order valence-electron chi connectivity index (χ3n) is 15.7. The fraction of sp³-hybridized carbons (Fsp3) is 0.172. The van der Waals surface area contributed by atoms with E-state index in [2.05, 4.69) is 191 Å². The van der Waals surface area contributed by atoms with E-state index < -0.39 is 0 Å². The molecule has 5 aliphatic rings. The average molecular weight is 769 g/mol. The van der Waals surface area contributed by atoms with Crippen molar-refractivity contribution >= 4 is 43.6 Å². The summed E-state index contributed by atoms with van der Waals surface area (Å²) >= 11 is 0. The van der Waals surface area contributed by atoms with Gasteiger partial charge in [0.1, 0.15) is 0 Å². The standard InChI is InChI=1S/C58H44N2/c1-2-12-38(13-3-1)39-14-10-15-43(33-39)59-53-21-8-5-17-48(53)50-34-40(24-27-55(50)59)45-19-11-23-56-57(45)49-18-6-9-22-54(49)60(56)44-25-26-47-46-16-4-7-20-51(46)58(52(47)35-44)41-29-36-28-37(31-41)32-42(58)30-36/h1-27,33-37,41-42H,28-32H2. The quantitative estimate of drug-likeness (QED) is 0.169. The third kappa shape index (κ3) is 4.38. The van der Waals surface area contributed by atoms with Crippen LogP contribution in [0.3, 0.4) is 0 Å². The summed E-state index contributed by atoms with van der Waals surface area (Å²) in [5, 5.41) is 5.16. The van der Waals surface area contributed by atoms with Gasteiger partial charge in [0.2, 0.25) is 0 Å². The second kappa shape index (κ2) is 12.2. The fourth-order valence-electron chi connectivity index (χ4n) is 13.7. The van der Waals surface area contributed by atoms with Gasteiger partial charge in [-0.2, -0.15) is 0 Å². The van der Waals surface area contributed by atoms with E-state index in [1.807, 2.05) is 0 Å². The summed E-state index contributed by atoms with van der Waals surface area (Å²) in [6.07, 6.45) is 7.05. The summed E-state index contributed by atoms with van der Waals surface area (Å²) in [6.45, 7) is 0. The molecule has 0 radical (unpaired) electrons. The van der Waals surface area contributed by atoms with Crippen LogP contribution in [0.1, 0.15) is 43.2 Å². The Kier molecular flexibility index (Phi) is 6.76. The Hall–Kier alpha value is -6.64. The van der Waals surface area contributed by atoms with E-state index >= 15 is 0 Å². The molecule has 4 bridgehead atoms. The molecule has 2 nitrogen and oxygen atoms in total. The normalized spacial score (nSPS) is 22.4. The molecular weight excluding hydrogens is 725 g/mol. The van der Waals surface area contributed by atoms with Gasteiger partial charge in [0.15, 0.2) is 0 Å². The minimum absolute atomic E-state index is 0.136. The maximum absolute atomic E-state index is 2.64. The Balaban J connectivity index is 0.954. The van der Waals surface area contributed by atoms with Gasteiger partial charge in [0, 0.05) is 38.3 Å². The van der Waals surface area contributed by atoms with Crippen LogP contribution in [0.25, 0.3) is 88.4 Å². The fourth-order valence-corrected chi connectivity index (χ4v) is 13.7. The molecule has 0 N–H and O–H groups in total. The SMILES string of the molecule is c1ccc(-c2cccc(-n3c4ccccc4c4cc(-c5cccc6c5c5ccccc5n6-c5ccc6c(c5)C5(c7ccccc7-6)C6CC7CC(C6)CC5C7)ccc43)c2)cc1. The highest BCUT2D eigenvalue weighted by Crippen LogP contribution is 2.69. The molecule has 8 aromatic carbocycles. The monoisotopic (exact) mass is 768 g/mol. The van der Waals surface area contributed by atoms with Crippen molar-refractivity contribution in [1.82, 2.24) is 9.13 Å². The van der Waals surface area contributed by atoms with E-state index in [0.717, 1.165) is 23.7 Å². The molecule has 1 spiro atoms. The number of nitrogens with zero attached hydrogens (tertiary/aromatic N) is 2. The van der Waals surface area contributed by atoms with Gasteiger partial charge in [-0.15, -0.1) is 0 Å². The molecule has 2 heterocycles.